The van der Waals surface area contributed by atoms with E-state index in [0.717, 1.165) is 6.42 Å². The number of nitrogens with two attached hydrogens (primary N) is 1. The number of halogens is 1. The number of fused-ring (bicyclic) bond motifs is 1. The standard InChI is InChI=1S/C18H24ClNO4/c1-8-6-11(20)9(2)10(3)18(8)17(21)14-12(22-4)7-13(23-5)15(19)16(14)24-18/h7-11H,6,20H2,1-5H3/t8?,9?,10?,11-,18+/m1/s1. The first kappa shape index (κ1) is 17.4. The molecule has 1 aromatic carbocycles. The van der Waals surface area contributed by atoms with Crippen molar-refractivity contribution in [3.05, 3.63) is 16.7 Å². The number of rotatable bonds is 2. The smallest absolute Gasteiger partial charge is 0.214 e. The molecule has 0 radical (unpaired) electrons. The summed E-state index contributed by atoms with van der Waals surface area (Å²) >= 11 is 6.43. The number of carbonyl (C=O) groups excluding carboxylic acids is 1. The molecule has 1 aliphatic heterocycles. The number of hydrogen-bond acceptors (Lipinski definition) is 5. The lowest BCUT2D eigenvalue weighted by Gasteiger charge is -2.48. The number of hydrogen-bond donors (Lipinski definition) is 1. The number of benzene rings is 1. The van der Waals surface area contributed by atoms with Crippen LogP contribution in [0.3, 0.4) is 0 Å². The van der Waals surface area contributed by atoms with Crippen molar-refractivity contribution in [1.82, 2.24) is 0 Å². The Hall–Kier alpha value is -1.46. The van der Waals surface area contributed by atoms with Gasteiger partial charge in [-0.2, -0.15) is 0 Å². The molecule has 0 saturated heterocycles. The molecule has 2 aliphatic rings. The van der Waals surface area contributed by atoms with Crippen molar-refractivity contribution in [2.45, 2.75) is 38.8 Å². The van der Waals surface area contributed by atoms with Gasteiger partial charge in [-0.25, -0.2) is 0 Å². The number of methoxy groups -OCH3 is 2. The SMILES string of the molecule is COc1cc(OC)c2c(c1Cl)O[C@@]1(C2=O)C(C)C[C@@H](N)C(C)C1C. The largest absolute Gasteiger partial charge is 0.496 e. The molecular weight excluding hydrogens is 330 g/mol. The van der Waals surface area contributed by atoms with E-state index in [9.17, 15) is 4.79 Å². The van der Waals surface area contributed by atoms with Crippen molar-refractivity contribution in [2.24, 2.45) is 23.5 Å². The summed E-state index contributed by atoms with van der Waals surface area (Å²) in [5, 5.41) is 0.306. The zero-order chi connectivity index (χ0) is 17.8. The average Bonchev–Trinajstić information content (AvgIpc) is 2.88. The van der Waals surface area contributed by atoms with Gasteiger partial charge in [-0.3, -0.25) is 4.79 Å². The van der Waals surface area contributed by atoms with Gasteiger partial charge in [-0.15, -0.1) is 0 Å². The first-order valence-electron chi connectivity index (χ1n) is 8.23. The molecule has 1 heterocycles. The van der Waals surface area contributed by atoms with Crippen molar-refractivity contribution in [3.8, 4) is 17.2 Å². The number of ketones is 1. The predicted octanol–water partition coefficient (Wildman–Crippen LogP) is 3.31. The normalized spacial score (nSPS) is 34.9. The molecule has 132 valence electrons. The molecule has 0 bridgehead atoms. The molecule has 1 saturated carbocycles. The highest BCUT2D eigenvalue weighted by Crippen LogP contribution is 2.56. The summed E-state index contributed by atoms with van der Waals surface area (Å²) in [5.41, 5.74) is 5.70. The molecular formula is C18H24ClNO4. The van der Waals surface area contributed by atoms with Crippen molar-refractivity contribution >= 4 is 17.4 Å². The van der Waals surface area contributed by atoms with Gasteiger partial charge < -0.3 is 19.9 Å². The molecule has 3 rings (SSSR count). The lowest BCUT2D eigenvalue weighted by atomic mass is 9.61. The third kappa shape index (κ3) is 2.07. The van der Waals surface area contributed by atoms with Gasteiger partial charge in [0.15, 0.2) is 11.4 Å². The molecule has 1 aromatic rings. The van der Waals surface area contributed by atoms with Gasteiger partial charge in [-0.05, 0) is 12.3 Å². The Balaban J connectivity index is 2.19. The molecule has 0 amide bonds. The summed E-state index contributed by atoms with van der Waals surface area (Å²) in [6, 6.07) is 1.68. The zero-order valence-electron chi connectivity index (χ0n) is 14.7. The fourth-order valence-electron chi connectivity index (χ4n) is 4.25. The van der Waals surface area contributed by atoms with Crippen LogP contribution in [0.5, 0.6) is 17.2 Å². The average molecular weight is 354 g/mol. The van der Waals surface area contributed by atoms with E-state index in [1.807, 2.05) is 13.8 Å². The number of ether oxygens (including phenoxy) is 3. The van der Waals surface area contributed by atoms with Gasteiger partial charge in [0, 0.05) is 23.9 Å². The van der Waals surface area contributed by atoms with Gasteiger partial charge in [-0.1, -0.05) is 32.4 Å². The van der Waals surface area contributed by atoms with Gasteiger partial charge in [0.2, 0.25) is 5.78 Å². The van der Waals surface area contributed by atoms with Crippen molar-refractivity contribution in [3.63, 3.8) is 0 Å². The van der Waals surface area contributed by atoms with Crippen molar-refractivity contribution in [1.29, 1.82) is 0 Å². The minimum atomic E-state index is -0.957. The first-order chi connectivity index (χ1) is 11.3. The molecule has 3 unspecified atom stereocenters. The molecule has 5 nitrogen and oxygen atoms in total. The summed E-state index contributed by atoms with van der Waals surface area (Å²) in [5.74, 6) is 1.24. The fraction of sp³-hybridized carbons (Fsp3) is 0.611. The summed E-state index contributed by atoms with van der Waals surface area (Å²) in [7, 11) is 3.04. The van der Waals surface area contributed by atoms with E-state index in [0.29, 0.717) is 27.8 Å². The van der Waals surface area contributed by atoms with Crippen LogP contribution in [-0.4, -0.2) is 31.6 Å². The third-order valence-electron chi connectivity index (χ3n) is 5.94. The van der Waals surface area contributed by atoms with Crippen LogP contribution in [0.15, 0.2) is 6.07 Å². The molecule has 24 heavy (non-hydrogen) atoms. The zero-order valence-corrected chi connectivity index (χ0v) is 15.4. The van der Waals surface area contributed by atoms with Gasteiger partial charge in [0.25, 0.3) is 0 Å². The third-order valence-corrected chi connectivity index (χ3v) is 6.30. The van der Waals surface area contributed by atoms with Crippen LogP contribution in [0.1, 0.15) is 37.6 Å². The summed E-state index contributed by atoms with van der Waals surface area (Å²) in [6.45, 7) is 6.12. The summed E-state index contributed by atoms with van der Waals surface area (Å²) < 4.78 is 17.0. The highest BCUT2D eigenvalue weighted by atomic mass is 35.5. The van der Waals surface area contributed by atoms with Crippen LogP contribution in [0.25, 0.3) is 0 Å². The second-order valence-electron chi connectivity index (χ2n) is 6.97. The van der Waals surface area contributed by atoms with E-state index < -0.39 is 5.60 Å². The monoisotopic (exact) mass is 353 g/mol. The van der Waals surface area contributed by atoms with E-state index in [1.54, 1.807) is 6.07 Å². The van der Waals surface area contributed by atoms with Crippen molar-refractivity contribution in [2.75, 3.05) is 14.2 Å². The minimum absolute atomic E-state index is 0.0228. The second kappa shape index (κ2) is 5.81. The molecule has 1 spiro atoms. The van der Waals surface area contributed by atoms with Crippen LogP contribution >= 0.6 is 11.6 Å². The summed E-state index contributed by atoms with van der Waals surface area (Å²) in [4.78, 5) is 13.4. The van der Waals surface area contributed by atoms with Crippen LogP contribution in [0, 0.1) is 17.8 Å². The van der Waals surface area contributed by atoms with E-state index in [-0.39, 0.29) is 29.6 Å². The van der Waals surface area contributed by atoms with E-state index in [4.69, 9.17) is 31.5 Å². The maximum Gasteiger partial charge on any atom is 0.214 e. The van der Waals surface area contributed by atoms with Gasteiger partial charge in [0.05, 0.1) is 14.2 Å². The molecule has 1 aliphatic carbocycles. The van der Waals surface area contributed by atoms with E-state index in [1.165, 1.54) is 14.2 Å². The fourth-order valence-corrected chi connectivity index (χ4v) is 4.52. The lowest BCUT2D eigenvalue weighted by molar-refractivity contribution is -0.0496. The Morgan fingerprint density at radius 2 is 1.88 bits per heavy atom. The molecule has 6 heteroatoms. The maximum absolute atomic E-state index is 13.4. The van der Waals surface area contributed by atoms with Crippen LogP contribution in [0.2, 0.25) is 5.02 Å². The second-order valence-corrected chi connectivity index (χ2v) is 7.35. The van der Waals surface area contributed by atoms with Gasteiger partial charge in [0.1, 0.15) is 22.1 Å². The van der Waals surface area contributed by atoms with Crippen LogP contribution in [-0.2, 0) is 0 Å². The highest BCUT2D eigenvalue weighted by Gasteiger charge is 2.61. The van der Waals surface area contributed by atoms with Gasteiger partial charge >= 0.3 is 0 Å². The predicted molar refractivity (Wildman–Crippen MR) is 92.3 cm³/mol. The highest BCUT2D eigenvalue weighted by molar-refractivity contribution is 6.35. The maximum atomic E-state index is 13.4. The Morgan fingerprint density at radius 1 is 1.25 bits per heavy atom. The molecule has 2 N–H and O–H groups in total. The molecule has 5 atom stereocenters. The van der Waals surface area contributed by atoms with Crippen LogP contribution < -0.4 is 19.9 Å². The minimum Gasteiger partial charge on any atom is -0.496 e. The quantitative estimate of drug-likeness (QED) is 0.883. The Kier molecular flexibility index (Phi) is 4.21. The first-order valence-corrected chi connectivity index (χ1v) is 8.61. The Labute approximate surface area is 147 Å². The van der Waals surface area contributed by atoms with E-state index >= 15 is 0 Å². The Bertz CT molecular complexity index is 692. The van der Waals surface area contributed by atoms with Crippen molar-refractivity contribution < 1.29 is 19.0 Å². The van der Waals surface area contributed by atoms with Crippen LogP contribution in [0.4, 0.5) is 0 Å². The number of Topliss-reactive ketones (excluding diaryl/α,β-unsaturated/α-hetero) is 1. The number of carbonyl (C=O) groups is 1. The van der Waals surface area contributed by atoms with E-state index in [2.05, 4.69) is 6.92 Å². The molecule has 0 aromatic heterocycles. The Morgan fingerprint density at radius 3 is 2.46 bits per heavy atom. The lowest BCUT2D eigenvalue weighted by Crippen LogP contribution is -2.61. The topological polar surface area (TPSA) is 70.8 Å². The summed E-state index contributed by atoms with van der Waals surface area (Å²) in [6.07, 6.45) is 0.725. The molecule has 1 fully saturated rings.